The molecule has 0 saturated carbocycles. The summed E-state index contributed by atoms with van der Waals surface area (Å²) in [7, 11) is 0. The number of ether oxygens (including phenoxy) is 2. The predicted molar refractivity (Wildman–Crippen MR) is 89.3 cm³/mol. The molecule has 1 rings (SSSR count). The van der Waals surface area contributed by atoms with Crippen molar-refractivity contribution in [3.8, 4) is 5.75 Å². The molecule has 1 unspecified atom stereocenters. The van der Waals surface area contributed by atoms with Gasteiger partial charge in [0.15, 0.2) is 0 Å². The molecule has 4 heteroatoms. The van der Waals surface area contributed by atoms with E-state index in [9.17, 15) is 0 Å². The van der Waals surface area contributed by atoms with Crippen LogP contribution >= 0.6 is 11.6 Å². The summed E-state index contributed by atoms with van der Waals surface area (Å²) >= 11 is 6.11. The van der Waals surface area contributed by atoms with Crippen LogP contribution in [0.3, 0.4) is 0 Å². The van der Waals surface area contributed by atoms with Gasteiger partial charge in [-0.05, 0) is 44.0 Å². The molecular weight excluding hydrogens is 286 g/mol. The quantitative estimate of drug-likeness (QED) is 0.647. The molecule has 1 N–H and O–H groups in total. The Labute approximate surface area is 134 Å². The van der Waals surface area contributed by atoms with Crippen LogP contribution in [0, 0.1) is 5.92 Å². The normalized spacial score (nSPS) is 12.7. The third-order valence-electron chi connectivity index (χ3n) is 3.08. The predicted octanol–water partition coefficient (Wildman–Crippen LogP) is 4.45. The van der Waals surface area contributed by atoms with Gasteiger partial charge in [0.25, 0.3) is 0 Å². The molecular formula is C17H28ClNO2. The second kappa shape index (κ2) is 10.0. The topological polar surface area (TPSA) is 30.5 Å². The lowest BCUT2D eigenvalue weighted by Crippen LogP contribution is -2.20. The van der Waals surface area contributed by atoms with Crippen molar-refractivity contribution in [1.29, 1.82) is 0 Å². The van der Waals surface area contributed by atoms with Gasteiger partial charge >= 0.3 is 0 Å². The number of hydrogen-bond acceptors (Lipinski definition) is 3. The Morgan fingerprint density at radius 3 is 2.62 bits per heavy atom. The van der Waals surface area contributed by atoms with Gasteiger partial charge in [0.1, 0.15) is 12.4 Å². The van der Waals surface area contributed by atoms with Crippen LogP contribution in [-0.2, 0) is 4.74 Å². The van der Waals surface area contributed by atoms with Crippen LogP contribution in [0.25, 0.3) is 0 Å². The summed E-state index contributed by atoms with van der Waals surface area (Å²) in [4.78, 5) is 0. The highest BCUT2D eigenvalue weighted by Crippen LogP contribution is 2.28. The van der Waals surface area contributed by atoms with Crippen molar-refractivity contribution in [2.75, 3.05) is 26.4 Å². The molecule has 120 valence electrons. The minimum Gasteiger partial charge on any atom is -0.491 e. The first-order valence-electron chi connectivity index (χ1n) is 7.78. The Hall–Kier alpha value is -0.770. The molecule has 21 heavy (non-hydrogen) atoms. The van der Waals surface area contributed by atoms with E-state index in [0.717, 1.165) is 35.9 Å². The fourth-order valence-corrected chi connectivity index (χ4v) is 2.17. The molecule has 0 spiro atoms. The van der Waals surface area contributed by atoms with Crippen LogP contribution in [0.4, 0.5) is 0 Å². The van der Waals surface area contributed by atoms with Crippen molar-refractivity contribution in [3.05, 3.63) is 28.8 Å². The summed E-state index contributed by atoms with van der Waals surface area (Å²) in [6.07, 6.45) is 1.10. The lowest BCUT2D eigenvalue weighted by molar-refractivity contribution is 0.0815. The summed E-state index contributed by atoms with van der Waals surface area (Å²) in [5.74, 6) is 1.43. The maximum atomic E-state index is 6.11. The van der Waals surface area contributed by atoms with Crippen molar-refractivity contribution in [2.24, 2.45) is 5.92 Å². The molecule has 1 aromatic carbocycles. The van der Waals surface area contributed by atoms with E-state index in [1.807, 2.05) is 18.2 Å². The lowest BCUT2D eigenvalue weighted by Gasteiger charge is -2.18. The smallest absolute Gasteiger partial charge is 0.124 e. The minimum atomic E-state index is 0.218. The molecule has 0 aliphatic rings. The average molecular weight is 314 g/mol. The number of rotatable bonds is 10. The van der Waals surface area contributed by atoms with Crippen LogP contribution in [-0.4, -0.2) is 26.4 Å². The van der Waals surface area contributed by atoms with Gasteiger partial charge in [-0.2, -0.15) is 0 Å². The van der Waals surface area contributed by atoms with Gasteiger partial charge in [0, 0.05) is 23.2 Å². The first-order chi connectivity index (χ1) is 10.0. The second-order valence-corrected chi connectivity index (χ2v) is 6.11. The van der Waals surface area contributed by atoms with Crippen LogP contribution in [0.15, 0.2) is 18.2 Å². The molecule has 0 radical (unpaired) electrons. The Morgan fingerprint density at radius 1 is 1.19 bits per heavy atom. The highest BCUT2D eigenvalue weighted by Gasteiger charge is 2.12. The summed E-state index contributed by atoms with van der Waals surface area (Å²) in [6.45, 7) is 11.5. The van der Waals surface area contributed by atoms with Crippen molar-refractivity contribution in [2.45, 2.75) is 40.2 Å². The Bertz CT molecular complexity index is 410. The molecule has 0 saturated heterocycles. The third kappa shape index (κ3) is 7.16. The van der Waals surface area contributed by atoms with E-state index in [1.54, 1.807) is 0 Å². The van der Waals surface area contributed by atoms with Gasteiger partial charge in [-0.3, -0.25) is 0 Å². The summed E-state index contributed by atoms with van der Waals surface area (Å²) < 4.78 is 11.4. The summed E-state index contributed by atoms with van der Waals surface area (Å²) in [6, 6.07) is 5.99. The van der Waals surface area contributed by atoms with Crippen LogP contribution in [0.5, 0.6) is 5.75 Å². The van der Waals surface area contributed by atoms with Crippen molar-refractivity contribution >= 4 is 11.6 Å². The highest BCUT2D eigenvalue weighted by atomic mass is 35.5. The van der Waals surface area contributed by atoms with Gasteiger partial charge in [-0.25, -0.2) is 0 Å². The van der Waals surface area contributed by atoms with Crippen LogP contribution in [0.1, 0.15) is 45.7 Å². The minimum absolute atomic E-state index is 0.218. The zero-order valence-electron chi connectivity index (χ0n) is 13.6. The average Bonchev–Trinajstić information content (AvgIpc) is 2.45. The molecule has 0 aromatic heterocycles. The van der Waals surface area contributed by atoms with Gasteiger partial charge in [0.05, 0.1) is 6.61 Å². The number of nitrogens with one attached hydrogen (secondary N) is 1. The maximum absolute atomic E-state index is 6.11. The van der Waals surface area contributed by atoms with Gasteiger partial charge in [-0.1, -0.05) is 32.4 Å². The summed E-state index contributed by atoms with van der Waals surface area (Å²) in [5.41, 5.74) is 1.10. The van der Waals surface area contributed by atoms with Crippen LogP contribution in [0.2, 0.25) is 5.02 Å². The van der Waals surface area contributed by atoms with Gasteiger partial charge in [0.2, 0.25) is 0 Å². The van der Waals surface area contributed by atoms with E-state index >= 15 is 0 Å². The van der Waals surface area contributed by atoms with Crippen molar-refractivity contribution in [1.82, 2.24) is 5.32 Å². The van der Waals surface area contributed by atoms with E-state index in [-0.39, 0.29) is 6.04 Å². The number of hydrogen-bond donors (Lipinski definition) is 1. The first-order valence-corrected chi connectivity index (χ1v) is 8.15. The van der Waals surface area contributed by atoms with Crippen LogP contribution < -0.4 is 10.1 Å². The molecule has 1 aromatic rings. The number of benzene rings is 1. The Balaban J connectivity index is 2.55. The van der Waals surface area contributed by atoms with E-state index < -0.39 is 0 Å². The monoisotopic (exact) mass is 313 g/mol. The third-order valence-corrected chi connectivity index (χ3v) is 3.31. The van der Waals surface area contributed by atoms with Crippen molar-refractivity contribution in [3.63, 3.8) is 0 Å². The Morgan fingerprint density at radius 2 is 1.95 bits per heavy atom. The zero-order valence-corrected chi connectivity index (χ0v) is 14.4. The molecule has 0 amide bonds. The van der Waals surface area contributed by atoms with E-state index in [2.05, 4.69) is 33.0 Å². The van der Waals surface area contributed by atoms with Crippen molar-refractivity contribution < 1.29 is 9.47 Å². The maximum Gasteiger partial charge on any atom is 0.124 e. The van der Waals surface area contributed by atoms with E-state index in [0.29, 0.717) is 19.1 Å². The Kier molecular flexibility index (Phi) is 8.74. The molecule has 1 atom stereocenters. The molecule has 3 nitrogen and oxygen atoms in total. The number of halogens is 1. The van der Waals surface area contributed by atoms with Gasteiger partial charge < -0.3 is 14.8 Å². The molecule has 0 heterocycles. The molecule has 0 bridgehead atoms. The highest BCUT2D eigenvalue weighted by molar-refractivity contribution is 6.30. The summed E-state index contributed by atoms with van der Waals surface area (Å²) in [5, 5.41) is 4.20. The fourth-order valence-electron chi connectivity index (χ4n) is 1.99. The molecule has 0 aliphatic heterocycles. The first kappa shape index (κ1) is 18.3. The lowest BCUT2D eigenvalue weighted by atomic mass is 10.1. The molecule has 0 aliphatic carbocycles. The largest absolute Gasteiger partial charge is 0.491 e. The molecule has 0 fully saturated rings. The van der Waals surface area contributed by atoms with E-state index in [4.69, 9.17) is 21.1 Å². The second-order valence-electron chi connectivity index (χ2n) is 5.68. The van der Waals surface area contributed by atoms with Gasteiger partial charge in [-0.15, -0.1) is 0 Å². The van der Waals surface area contributed by atoms with E-state index in [1.165, 1.54) is 0 Å². The SMILES string of the molecule is CCCNC(C)c1cc(Cl)ccc1OCCOCC(C)C. The fraction of sp³-hybridized carbons (Fsp3) is 0.647. The standard InChI is InChI=1S/C17H28ClNO2/c1-5-8-19-14(4)16-11-15(18)6-7-17(16)21-10-9-20-12-13(2)3/h6-7,11,13-14,19H,5,8-10,12H2,1-4H3. The zero-order chi connectivity index (χ0) is 15.7.